The first-order valence-electron chi connectivity index (χ1n) is 10.8. The molecule has 1 atom stereocenters. The molecule has 1 aromatic carbocycles. The minimum atomic E-state index is 0. The molecule has 0 aromatic heterocycles. The number of methoxy groups -OCH3 is 1. The summed E-state index contributed by atoms with van der Waals surface area (Å²) in [6, 6.07) is 8.68. The second kappa shape index (κ2) is 13.3. The van der Waals surface area contributed by atoms with Gasteiger partial charge < -0.3 is 20.1 Å². The average Bonchev–Trinajstić information content (AvgIpc) is 3.39. The van der Waals surface area contributed by atoms with Crippen LogP contribution in [-0.2, 0) is 4.74 Å². The van der Waals surface area contributed by atoms with Crippen molar-refractivity contribution in [2.45, 2.75) is 38.6 Å². The van der Waals surface area contributed by atoms with Gasteiger partial charge in [-0.3, -0.25) is 9.89 Å². The van der Waals surface area contributed by atoms with Crippen LogP contribution in [0.4, 0.5) is 0 Å². The summed E-state index contributed by atoms with van der Waals surface area (Å²) < 4.78 is 11.2. The summed E-state index contributed by atoms with van der Waals surface area (Å²) in [5, 5.41) is 6.76. The normalized spacial score (nSPS) is 18.2. The Bertz CT molecular complexity index is 619. The largest absolute Gasteiger partial charge is 0.497 e. The minimum Gasteiger partial charge on any atom is -0.497 e. The highest BCUT2D eigenvalue weighted by Gasteiger charge is 2.24. The molecular formula is C22H37IN4O2. The van der Waals surface area contributed by atoms with Crippen LogP contribution in [0.15, 0.2) is 29.3 Å². The van der Waals surface area contributed by atoms with E-state index in [4.69, 9.17) is 14.5 Å². The summed E-state index contributed by atoms with van der Waals surface area (Å²) >= 11 is 0. The predicted molar refractivity (Wildman–Crippen MR) is 129 cm³/mol. The lowest BCUT2D eigenvalue weighted by Crippen LogP contribution is -2.40. The lowest BCUT2D eigenvalue weighted by Gasteiger charge is -2.27. The number of nitrogens with zero attached hydrogens (tertiary/aromatic N) is 2. The Morgan fingerprint density at radius 3 is 2.72 bits per heavy atom. The van der Waals surface area contributed by atoms with Crippen LogP contribution >= 0.6 is 24.0 Å². The molecule has 1 aromatic rings. The monoisotopic (exact) mass is 516 g/mol. The van der Waals surface area contributed by atoms with Gasteiger partial charge in [-0.1, -0.05) is 12.1 Å². The van der Waals surface area contributed by atoms with Crippen molar-refractivity contribution in [1.82, 2.24) is 15.5 Å². The molecule has 7 heteroatoms. The molecule has 1 saturated heterocycles. The van der Waals surface area contributed by atoms with Crippen LogP contribution in [0.2, 0.25) is 0 Å². The molecule has 2 aliphatic rings. The van der Waals surface area contributed by atoms with Gasteiger partial charge in [0.1, 0.15) is 5.75 Å². The third-order valence-electron chi connectivity index (χ3n) is 5.42. The van der Waals surface area contributed by atoms with E-state index in [1.165, 1.54) is 31.2 Å². The lowest BCUT2D eigenvalue weighted by molar-refractivity contribution is 0.129. The number of ether oxygens (including phenoxy) is 2. The van der Waals surface area contributed by atoms with Crippen molar-refractivity contribution in [3.8, 4) is 5.75 Å². The van der Waals surface area contributed by atoms with E-state index in [0.29, 0.717) is 0 Å². The number of rotatable bonds is 11. The van der Waals surface area contributed by atoms with Crippen molar-refractivity contribution in [3.05, 3.63) is 29.8 Å². The van der Waals surface area contributed by atoms with E-state index in [9.17, 15) is 0 Å². The predicted octanol–water partition coefficient (Wildman–Crippen LogP) is 3.43. The molecule has 1 heterocycles. The fourth-order valence-electron chi connectivity index (χ4n) is 3.63. The van der Waals surface area contributed by atoms with E-state index in [0.717, 1.165) is 63.6 Å². The Kier molecular flexibility index (Phi) is 11.1. The smallest absolute Gasteiger partial charge is 0.191 e. The van der Waals surface area contributed by atoms with Crippen molar-refractivity contribution in [2.75, 3.05) is 53.0 Å². The van der Waals surface area contributed by atoms with Crippen LogP contribution in [0, 0.1) is 5.92 Å². The van der Waals surface area contributed by atoms with Crippen LogP contribution in [0.5, 0.6) is 5.75 Å². The van der Waals surface area contributed by atoms with Crippen molar-refractivity contribution < 1.29 is 9.47 Å². The maximum absolute atomic E-state index is 5.72. The maximum Gasteiger partial charge on any atom is 0.191 e. The molecule has 2 fully saturated rings. The van der Waals surface area contributed by atoms with Crippen molar-refractivity contribution in [2.24, 2.45) is 10.9 Å². The second-order valence-corrected chi connectivity index (χ2v) is 7.70. The summed E-state index contributed by atoms with van der Waals surface area (Å²) in [7, 11) is 1.72. The molecule has 29 heavy (non-hydrogen) atoms. The molecule has 3 rings (SSSR count). The van der Waals surface area contributed by atoms with Crippen LogP contribution in [0.1, 0.15) is 44.2 Å². The molecule has 2 N–H and O–H groups in total. The SMILES string of the molecule is CCNC(=NCC(c1cccc(OC)c1)N1CCCC1)NCCOCC1CC1.I. The average molecular weight is 516 g/mol. The molecule has 0 spiro atoms. The number of likely N-dealkylation sites (tertiary alicyclic amines) is 1. The summed E-state index contributed by atoms with van der Waals surface area (Å²) in [4.78, 5) is 7.43. The highest BCUT2D eigenvalue weighted by atomic mass is 127. The molecule has 1 aliphatic carbocycles. The standard InChI is InChI=1S/C22H36N4O2.HI/c1-3-23-22(24-11-14-28-17-18-9-10-18)25-16-21(26-12-4-5-13-26)19-7-6-8-20(15-19)27-2;/h6-8,15,18,21H,3-5,9-14,16-17H2,1-2H3,(H2,23,24,25);1H. The molecule has 1 unspecified atom stereocenters. The Morgan fingerprint density at radius 1 is 1.24 bits per heavy atom. The van der Waals surface area contributed by atoms with Crippen LogP contribution in [-0.4, -0.2) is 63.9 Å². The van der Waals surface area contributed by atoms with Crippen LogP contribution in [0.25, 0.3) is 0 Å². The molecular weight excluding hydrogens is 479 g/mol. The Labute approximate surface area is 192 Å². The summed E-state index contributed by atoms with van der Waals surface area (Å²) in [6.07, 6.45) is 5.20. The zero-order chi connectivity index (χ0) is 19.6. The first-order valence-corrected chi connectivity index (χ1v) is 10.8. The number of halogens is 1. The summed E-state index contributed by atoms with van der Waals surface area (Å²) in [5.74, 6) is 2.58. The van der Waals surface area contributed by atoms with E-state index in [2.05, 4.69) is 40.7 Å². The van der Waals surface area contributed by atoms with E-state index in [-0.39, 0.29) is 30.0 Å². The van der Waals surface area contributed by atoms with Gasteiger partial charge in [-0.25, -0.2) is 0 Å². The molecule has 0 bridgehead atoms. The van der Waals surface area contributed by atoms with E-state index >= 15 is 0 Å². The fraction of sp³-hybridized carbons (Fsp3) is 0.682. The molecule has 0 amide bonds. The number of hydrogen-bond acceptors (Lipinski definition) is 4. The Morgan fingerprint density at radius 2 is 2.03 bits per heavy atom. The summed E-state index contributed by atoms with van der Waals surface area (Å²) in [6.45, 7) is 8.36. The number of aliphatic imine (C=N–C) groups is 1. The van der Waals surface area contributed by atoms with Gasteiger partial charge in [-0.05, 0) is 69.3 Å². The summed E-state index contributed by atoms with van der Waals surface area (Å²) in [5.41, 5.74) is 1.27. The first kappa shape index (κ1) is 24.2. The second-order valence-electron chi connectivity index (χ2n) is 7.70. The van der Waals surface area contributed by atoms with E-state index in [1.54, 1.807) is 7.11 Å². The minimum absolute atomic E-state index is 0. The van der Waals surface area contributed by atoms with Gasteiger partial charge in [-0.15, -0.1) is 24.0 Å². The third-order valence-corrected chi connectivity index (χ3v) is 5.42. The topological polar surface area (TPSA) is 58.1 Å². The molecule has 1 saturated carbocycles. The van der Waals surface area contributed by atoms with Crippen LogP contribution in [0.3, 0.4) is 0 Å². The first-order chi connectivity index (χ1) is 13.8. The molecule has 0 radical (unpaired) electrons. The molecule has 6 nitrogen and oxygen atoms in total. The zero-order valence-corrected chi connectivity index (χ0v) is 20.2. The van der Waals surface area contributed by atoms with Crippen molar-refractivity contribution >= 4 is 29.9 Å². The van der Waals surface area contributed by atoms with Gasteiger partial charge in [0.2, 0.25) is 0 Å². The fourth-order valence-corrected chi connectivity index (χ4v) is 3.63. The zero-order valence-electron chi connectivity index (χ0n) is 17.9. The number of nitrogens with one attached hydrogen (secondary N) is 2. The quantitative estimate of drug-likeness (QED) is 0.204. The van der Waals surface area contributed by atoms with Crippen molar-refractivity contribution in [1.29, 1.82) is 0 Å². The van der Waals surface area contributed by atoms with Gasteiger partial charge in [0, 0.05) is 19.7 Å². The van der Waals surface area contributed by atoms with Gasteiger partial charge >= 0.3 is 0 Å². The van der Waals surface area contributed by atoms with Crippen molar-refractivity contribution in [3.63, 3.8) is 0 Å². The highest BCUT2D eigenvalue weighted by Crippen LogP contribution is 2.29. The molecule has 164 valence electrons. The van der Waals surface area contributed by atoms with E-state index in [1.807, 2.05) is 6.07 Å². The highest BCUT2D eigenvalue weighted by molar-refractivity contribution is 14.0. The third kappa shape index (κ3) is 8.30. The lowest BCUT2D eigenvalue weighted by atomic mass is 10.1. The van der Waals surface area contributed by atoms with Gasteiger partial charge in [0.25, 0.3) is 0 Å². The van der Waals surface area contributed by atoms with Gasteiger partial charge in [-0.2, -0.15) is 0 Å². The van der Waals surface area contributed by atoms with E-state index < -0.39 is 0 Å². The van der Waals surface area contributed by atoms with Gasteiger partial charge in [0.15, 0.2) is 5.96 Å². The Hall–Kier alpha value is -1.06. The van der Waals surface area contributed by atoms with Crippen LogP contribution < -0.4 is 15.4 Å². The number of benzene rings is 1. The maximum atomic E-state index is 5.72. The molecule has 1 aliphatic heterocycles. The number of hydrogen-bond donors (Lipinski definition) is 2. The van der Waals surface area contributed by atoms with Gasteiger partial charge in [0.05, 0.1) is 26.3 Å². The Balaban J connectivity index is 0.00000300. The number of guanidine groups is 1.